The van der Waals surface area contributed by atoms with Crippen LogP contribution in [0.2, 0.25) is 0 Å². The molecule has 0 spiro atoms. The number of thioether (sulfide) groups is 1. The van der Waals surface area contributed by atoms with Gasteiger partial charge in [-0.3, -0.25) is 4.79 Å². The second-order valence-corrected chi connectivity index (χ2v) is 8.39. The van der Waals surface area contributed by atoms with Crippen LogP contribution in [0.25, 0.3) is 0 Å². The fourth-order valence-electron chi connectivity index (χ4n) is 3.71. The molecular weight excluding hydrogens is 417 g/mol. The van der Waals surface area contributed by atoms with Crippen molar-refractivity contribution in [1.82, 2.24) is 20.2 Å². The van der Waals surface area contributed by atoms with E-state index in [1.54, 1.807) is 0 Å². The van der Waals surface area contributed by atoms with Crippen LogP contribution in [-0.2, 0) is 11.2 Å². The van der Waals surface area contributed by atoms with Gasteiger partial charge < -0.3 is 15.5 Å². The van der Waals surface area contributed by atoms with Crippen molar-refractivity contribution in [1.29, 1.82) is 0 Å². The monoisotopic (exact) mass is 445 g/mol. The molecule has 2 heterocycles. The fraction of sp³-hybridized carbons (Fsp3) is 0.455. The van der Waals surface area contributed by atoms with Crippen molar-refractivity contribution in [2.24, 2.45) is 0 Å². The second kappa shape index (κ2) is 10.6. The highest BCUT2D eigenvalue weighted by Crippen LogP contribution is 2.19. The number of urea groups is 1. The molecule has 0 saturated carbocycles. The van der Waals surface area contributed by atoms with Gasteiger partial charge in [0.25, 0.3) is 0 Å². The van der Waals surface area contributed by atoms with Crippen LogP contribution in [0.15, 0.2) is 29.4 Å². The molecule has 1 aromatic heterocycles. The summed E-state index contributed by atoms with van der Waals surface area (Å²) < 4.78 is 13.0. The van der Waals surface area contributed by atoms with Crippen molar-refractivity contribution in [3.05, 3.63) is 47.0 Å². The minimum Gasteiger partial charge on any atom is -0.343 e. The van der Waals surface area contributed by atoms with Crippen molar-refractivity contribution in [3.8, 4) is 0 Å². The third-order valence-corrected chi connectivity index (χ3v) is 6.00. The first-order valence-corrected chi connectivity index (χ1v) is 11.6. The van der Waals surface area contributed by atoms with Crippen LogP contribution in [0.1, 0.15) is 36.2 Å². The summed E-state index contributed by atoms with van der Waals surface area (Å²) in [6.07, 6.45) is 4.40. The smallest absolute Gasteiger partial charge is 0.319 e. The van der Waals surface area contributed by atoms with Crippen LogP contribution in [0.4, 0.5) is 14.9 Å². The normalized spacial score (nSPS) is 14.4. The van der Waals surface area contributed by atoms with Gasteiger partial charge in [-0.2, -0.15) is 0 Å². The summed E-state index contributed by atoms with van der Waals surface area (Å²) in [6, 6.07) is 5.30. The Hall–Kier alpha value is -2.68. The highest BCUT2D eigenvalue weighted by molar-refractivity contribution is 7.98. The Morgan fingerprint density at radius 1 is 1.13 bits per heavy atom. The van der Waals surface area contributed by atoms with Crippen LogP contribution in [0.3, 0.4) is 0 Å². The van der Waals surface area contributed by atoms with Crippen LogP contribution in [0, 0.1) is 19.7 Å². The molecule has 7 nitrogen and oxygen atoms in total. The molecule has 0 bridgehead atoms. The molecule has 1 aliphatic heterocycles. The van der Waals surface area contributed by atoms with Gasteiger partial charge in [-0.25, -0.2) is 19.2 Å². The van der Waals surface area contributed by atoms with Crippen LogP contribution in [0.5, 0.6) is 0 Å². The predicted molar refractivity (Wildman–Crippen MR) is 120 cm³/mol. The number of aryl methyl sites for hydroxylation is 2. The minimum atomic E-state index is -0.349. The molecule has 9 heteroatoms. The van der Waals surface area contributed by atoms with Gasteiger partial charge >= 0.3 is 6.03 Å². The molecule has 1 aliphatic rings. The number of anilines is 1. The Morgan fingerprint density at radius 3 is 2.32 bits per heavy atom. The maximum atomic E-state index is 13.0. The molecule has 3 rings (SSSR count). The molecule has 2 N–H and O–H groups in total. The van der Waals surface area contributed by atoms with E-state index in [0.717, 1.165) is 22.1 Å². The lowest BCUT2D eigenvalue weighted by atomic mass is 10.0. The number of hydrogen-bond donors (Lipinski definition) is 2. The van der Waals surface area contributed by atoms with Crippen LogP contribution in [-0.4, -0.2) is 52.2 Å². The summed E-state index contributed by atoms with van der Waals surface area (Å²) in [4.78, 5) is 35.6. The maximum Gasteiger partial charge on any atom is 0.319 e. The number of amides is 3. The van der Waals surface area contributed by atoms with E-state index in [9.17, 15) is 14.0 Å². The third-order valence-electron chi connectivity index (χ3n) is 5.46. The number of carbonyl (C=O) groups is 2. The Bertz CT molecular complexity index is 907. The Balaban J connectivity index is 1.43. The molecule has 1 fully saturated rings. The number of benzene rings is 1. The van der Waals surface area contributed by atoms with Gasteiger partial charge in [-0.1, -0.05) is 11.8 Å². The summed E-state index contributed by atoms with van der Waals surface area (Å²) in [5.41, 5.74) is 3.44. The Kier molecular flexibility index (Phi) is 7.84. The lowest BCUT2D eigenvalue weighted by Crippen LogP contribution is -2.47. The topological polar surface area (TPSA) is 87.2 Å². The van der Waals surface area contributed by atoms with E-state index in [1.807, 2.05) is 25.0 Å². The number of piperidine rings is 1. The largest absolute Gasteiger partial charge is 0.343 e. The summed E-state index contributed by atoms with van der Waals surface area (Å²) in [5, 5.41) is 6.37. The molecule has 2 aromatic rings. The van der Waals surface area contributed by atoms with Crippen LogP contribution < -0.4 is 10.6 Å². The van der Waals surface area contributed by atoms with Crippen molar-refractivity contribution in [3.63, 3.8) is 0 Å². The lowest BCUT2D eigenvalue weighted by Gasteiger charge is -2.32. The number of carbonyl (C=O) groups excluding carboxylic acids is 2. The van der Waals surface area contributed by atoms with Gasteiger partial charge in [0.1, 0.15) is 5.82 Å². The van der Waals surface area contributed by atoms with E-state index in [0.29, 0.717) is 44.5 Å². The third kappa shape index (κ3) is 6.40. The second-order valence-electron chi connectivity index (χ2n) is 7.62. The molecule has 0 radical (unpaired) electrons. The van der Waals surface area contributed by atoms with Crippen molar-refractivity contribution < 1.29 is 14.0 Å². The molecule has 0 aliphatic carbocycles. The van der Waals surface area contributed by atoms with E-state index in [2.05, 4.69) is 20.6 Å². The zero-order valence-corrected chi connectivity index (χ0v) is 18.9. The van der Waals surface area contributed by atoms with Gasteiger partial charge in [0.2, 0.25) is 5.91 Å². The molecule has 3 amide bonds. The molecule has 1 saturated heterocycles. The van der Waals surface area contributed by atoms with Gasteiger partial charge in [0.15, 0.2) is 5.16 Å². The first kappa shape index (κ1) is 23.0. The predicted octanol–water partition coefficient (Wildman–Crippen LogP) is 3.70. The van der Waals surface area contributed by atoms with Crippen molar-refractivity contribution >= 4 is 29.4 Å². The summed E-state index contributed by atoms with van der Waals surface area (Å²) in [7, 11) is 0. The van der Waals surface area contributed by atoms with Crippen LogP contribution >= 0.6 is 11.8 Å². The number of hydrogen-bond acceptors (Lipinski definition) is 5. The molecule has 1 aromatic carbocycles. The van der Waals surface area contributed by atoms with Gasteiger partial charge in [0.05, 0.1) is 0 Å². The minimum absolute atomic E-state index is 0.00137. The van der Waals surface area contributed by atoms with E-state index in [-0.39, 0.29) is 23.8 Å². The number of nitrogens with zero attached hydrogens (tertiary/aromatic N) is 3. The number of aromatic nitrogens is 2. The highest BCUT2D eigenvalue weighted by Gasteiger charge is 2.24. The molecule has 0 unspecified atom stereocenters. The molecule has 31 heavy (non-hydrogen) atoms. The highest BCUT2D eigenvalue weighted by atomic mass is 32.2. The molecule has 166 valence electrons. The zero-order valence-electron chi connectivity index (χ0n) is 18.1. The first-order valence-electron chi connectivity index (χ1n) is 10.3. The number of likely N-dealkylation sites (tertiary alicyclic amines) is 1. The van der Waals surface area contributed by atoms with Gasteiger partial charge in [0, 0.05) is 42.6 Å². The van der Waals surface area contributed by atoms with E-state index in [4.69, 9.17) is 0 Å². The average molecular weight is 446 g/mol. The summed E-state index contributed by atoms with van der Waals surface area (Å²) >= 11 is 1.51. The first-order chi connectivity index (χ1) is 14.9. The maximum absolute atomic E-state index is 13.0. The van der Waals surface area contributed by atoms with Crippen molar-refractivity contribution in [2.45, 2.75) is 50.7 Å². The molecular formula is C22H28FN5O2S. The Morgan fingerprint density at radius 2 is 1.74 bits per heavy atom. The molecule has 0 atom stereocenters. The average Bonchev–Trinajstić information content (AvgIpc) is 2.75. The lowest BCUT2D eigenvalue weighted by molar-refractivity contribution is -0.132. The van der Waals surface area contributed by atoms with Gasteiger partial charge in [-0.05, 0) is 69.2 Å². The standard InChI is InChI=1S/C22H28FN5O2S/c1-14-19(15(2)25-22(24-14)31-3)8-9-20(29)28-12-10-18(11-13-28)27-21(30)26-17-6-4-16(23)5-7-17/h4-7,18H,8-13H2,1-3H3,(H2,26,27,30). The number of halogens is 1. The van der Waals surface area contributed by atoms with Crippen molar-refractivity contribution in [2.75, 3.05) is 24.7 Å². The summed E-state index contributed by atoms with van der Waals surface area (Å²) in [5.74, 6) is -0.236. The van der Waals surface area contributed by atoms with E-state index in [1.165, 1.54) is 36.0 Å². The zero-order chi connectivity index (χ0) is 22.4. The SMILES string of the molecule is CSc1nc(C)c(CCC(=O)N2CCC(NC(=O)Nc3ccc(F)cc3)CC2)c(C)n1. The quantitative estimate of drug-likeness (QED) is 0.523. The van der Waals surface area contributed by atoms with Gasteiger partial charge in [-0.15, -0.1) is 0 Å². The van der Waals surface area contributed by atoms with E-state index < -0.39 is 0 Å². The summed E-state index contributed by atoms with van der Waals surface area (Å²) in [6.45, 7) is 5.14. The Labute approximate surface area is 186 Å². The fourth-order valence-corrected chi connectivity index (χ4v) is 4.17. The van der Waals surface area contributed by atoms with E-state index >= 15 is 0 Å². The number of rotatable bonds is 6. The number of nitrogens with one attached hydrogen (secondary N) is 2.